The fraction of sp³-hybridized carbons (Fsp3) is 0.500. The third kappa shape index (κ3) is 2.91. The summed E-state index contributed by atoms with van der Waals surface area (Å²) in [5.41, 5.74) is 7.63. The van der Waals surface area contributed by atoms with Crippen molar-refractivity contribution < 1.29 is 17.9 Å². The summed E-state index contributed by atoms with van der Waals surface area (Å²) in [6.45, 7) is 0.534. The summed E-state index contributed by atoms with van der Waals surface area (Å²) in [5, 5.41) is 0. The second-order valence-corrected chi connectivity index (χ2v) is 4.23. The smallest absolute Gasteiger partial charge is 0.406 e. The average molecular weight is 245 g/mol. The molecular weight excluding hydrogens is 231 g/mol. The summed E-state index contributed by atoms with van der Waals surface area (Å²) in [4.78, 5) is 0. The number of nitrogens with two attached hydrogens (primary N) is 1. The lowest BCUT2D eigenvalue weighted by Gasteiger charge is -2.24. The summed E-state index contributed by atoms with van der Waals surface area (Å²) in [6, 6.07) is 4.54. The van der Waals surface area contributed by atoms with Crippen LogP contribution in [0.15, 0.2) is 18.2 Å². The van der Waals surface area contributed by atoms with Crippen LogP contribution in [0.25, 0.3) is 0 Å². The molecule has 2 rings (SSSR count). The van der Waals surface area contributed by atoms with Crippen molar-refractivity contribution in [2.24, 2.45) is 5.73 Å². The van der Waals surface area contributed by atoms with Gasteiger partial charge in [0, 0.05) is 0 Å². The molecular formula is C12H14F3NO. The molecule has 0 aliphatic heterocycles. The van der Waals surface area contributed by atoms with Crippen LogP contribution in [0.1, 0.15) is 29.9 Å². The van der Waals surface area contributed by atoms with E-state index in [4.69, 9.17) is 5.73 Å². The quantitative estimate of drug-likeness (QED) is 0.869. The molecule has 0 radical (unpaired) electrons. The average Bonchev–Trinajstić information content (AvgIpc) is 2.25. The first-order chi connectivity index (χ1) is 7.99. The van der Waals surface area contributed by atoms with Crippen molar-refractivity contribution in [3.8, 4) is 5.75 Å². The Morgan fingerprint density at radius 1 is 1.35 bits per heavy atom. The van der Waals surface area contributed by atoms with Crippen LogP contribution in [0, 0.1) is 0 Å². The SMILES string of the molecule is NCC1CCCc2cc(OC(F)(F)F)ccc21. The fourth-order valence-electron chi connectivity index (χ4n) is 2.33. The zero-order chi connectivity index (χ0) is 12.5. The van der Waals surface area contributed by atoms with E-state index in [2.05, 4.69) is 4.74 Å². The Bertz CT molecular complexity index is 403. The van der Waals surface area contributed by atoms with Gasteiger partial charge in [0.05, 0.1) is 0 Å². The number of ether oxygens (including phenoxy) is 1. The number of halogens is 3. The molecule has 17 heavy (non-hydrogen) atoms. The van der Waals surface area contributed by atoms with Gasteiger partial charge in [-0.3, -0.25) is 0 Å². The van der Waals surface area contributed by atoms with Crippen LogP contribution in [-0.4, -0.2) is 12.9 Å². The van der Waals surface area contributed by atoms with Gasteiger partial charge in [-0.2, -0.15) is 0 Å². The Kier molecular flexibility index (Phi) is 3.28. The van der Waals surface area contributed by atoms with E-state index >= 15 is 0 Å². The molecule has 94 valence electrons. The minimum atomic E-state index is -4.63. The van der Waals surface area contributed by atoms with Gasteiger partial charge in [0.25, 0.3) is 0 Å². The molecule has 0 amide bonds. The highest BCUT2D eigenvalue weighted by atomic mass is 19.4. The maximum atomic E-state index is 12.1. The van der Waals surface area contributed by atoms with Gasteiger partial charge in [-0.05, 0) is 55.0 Å². The molecule has 1 aliphatic carbocycles. The first kappa shape index (κ1) is 12.2. The molecule has 0 saturated carbocycles. The Morgan fingerprint density at radius 3 is 2.76 bits per heavy atom. The predicted octanol–water partition coefficient (Wildman–Crippen LogP) is 2.96. The molecule has 0 fully saturated rings. The van der Waals surface area contributed by atoms with E-state index in [1.807, 2.05) is 0 Å². The van der Waals surface area contributed by atoms with E-state index in [-0.39, 0.29) is 11.7 Å². The summed E-state index contributed by atoms with van der Waals surface area (Å²) in [6.07, 6.45) is -1.87. The van der Waals surface area contributed by atoms with Gasteiger partial charge in [0.1, 0.15) is 5.75 Å². The number of hydrogen-bond acceptors (Lipinski definition) is 2. The van der Waals surface area contributed by atoms with Crippen molar-refractivity contribution in [3.63, 3.8) is 0 Å². The predicted molar refractivity (Wildman–Crippen MR) is 57.9 cm³/mol. The molecule has 2 nitrogen and oxygen atoms in total. The molecule has 0 heterocycles. The second kappa shape index (κ2) is 4.56. The highest BCUT2D eigenvalue weighted by Crippen LogP contribution is 2.34. The maximum absolute atomic E-state index is 12.1. The van der Waals surface area contributed by atoms with E-state index in [1.54, 1.807) is 6.07 Å². The van der Waals surface area contributed by atoms with Crippen molar-refractivity contribution in [1.82, 2.24) is 0 Å². The molecule has 2 N–H and O–H groups in total. The van der Waals surface area contributed by atoms with Crippen LogP contribution >= 0.6 is 0 Å². The Balaban J connectivity index is 2.25. The summed E-state index contributed by atoms with van der Waals surface area (Å²) < 4.78 is 40.1. The van der Waals surface area contributed by atoms with E-state index in [0.717, 1.165) is 30.4 Å². The fourth-order valence-corrected chi connectivity index (χ4v) is 2.33. The summed E-state index contributed by atoms with van der Waals surface area (Å²) >= 11 is 0. The van der Waals surface area contributed by atoms with Crippen molar-refractivity contribution in [2.75, 3.05) is 6.54 Å². The van der Waals surface area contributed by atoms with Crippen molar-refractivity contribution >= 4 is 0 Å². The second-order valence-electron chi connectivity index (χ2n) is 4.23. The van der Waals surface area contributed by atoms with Gasteiger partial charge >= 0.3 is 6.36 Å². The van der Waals surface area contributed by atoms with Gasteiger partial charge in [-0.25, -0.2) is 0 Å². The van der Waals surface area contributed by atoms with E-state index in [0.29, 0.717) is 6.54 Å². The van der Waals surface area contributed by atoms with Gasteiger partial charge in [-0.15, -0.1) is 13.2 Å². The van der Waals surface area contributed by atoms with E-state index in [1.165, 1.54) is 12.1 Å². The van der Waals surface area contributed by atoms with Crippen LogP contribution in [-0.2, 0) is 6.42 Å². The minimum Gasteiger partial charge on any atom is -0.406 e. The molecule has 1 aromatic carbocycles. The zero-order valence-corrected chi connectivity index (χ0v) is 9.26. The van der Waals surface area contributed by atoms with Crippen LogP contribution < -0.4 is 10.5 Å². The molecule has 1 atom stereocenters. The van der Waals surface area contributed by atoms with Crippen LogP contribution in [0.2, 0.25) is 0 Å². The molecule has 0 bridgehead atoms. The number of benzene rings is 1. The summed E-state index contributed by atoms with van der Waals surface area (Å²) in [7, 11) is 0. The molecule has 1 aromatic rings. The lowest BCUT2D eigenvalue weighted by molar-refractivity contribution is -0.274. The zero-order valence-electron chi connectivity index (χ0n) is 9.26. The van der Waals surface area contributed by atoms with E-state index in [9.17, 15) is 13.2 Å². The third-order valence-electron chi connectivity index (χ3n) is 3.07. The van der Waals surface area contributed by atoms with Crippen LogP contribution in [0.5, 0.6) is 5.75 Å². The van der Waals surface area contributed by atoms with Crippen LogP contribution in [0.4, 0.5) is 13.2 Å². The van der Waals surface area contributed by atoms with Gasteiger partial charge < -0.3 is 10.5 Å². The van der Waals surface area contributed by atoms with Gasteiger partial charge in [0.15, 0.2) is 0 Å². The topological polar surface area (TPSA) is 35.2 Å². The normalized spacial score (nSPS) is 19.9. The molecule has 1 aliphatic rings. The molecule has 0 spiro atoms. The first-order valence-corrected chi connectivity index (χ1v) is 5.58. The first-order valence-electron chi connectivity index (χ1n) is 5.58. The monoisotopic (exact) mass is 245 g/mol. The van der Waals surface area contributed by atoms with Gasteiger partial charge in [-0.1, -0.05) is 6.07 Å². The number of rotatable bonds is 2. The van der Waals surface area contributed by atoms with Crippen molar-refractivity contribution in [1.29, 1.82) is 0 Å². The van der Waals surface area contributed by atoms with Crippen LogP contribution in [0.3, 0.4) is 0 Å². The molecule has 5 heteroatoms. The van der Waals surface area contributed by atoms with Gasteiger partial charge in [0.2, 0.25) is 0 Å². The molecule has 1 unspecified atom stereocenters. The minimum absolute atomic E-state index is 0.145. The van der Waals surface area contributed by atoms with E-state index < -0.39 is 6.36 Å². The number of aryl methyl sites for hydroxylation is 1. The third-order valence-corrected chi connectivity index (χ3v) is 3.07. The number of alkyl halides is 3. The molecule has 0 saturated heterocycles. The van der Waals surface area contributed by atoms with Crippen molar-refractivity contribution in [3.05, 3.63) is 29.3 Å². The molecule has 0 aromatic heterocycles. The number of fused-ring (bicyclic) bond motifs is 1. The maximum Gasteiger partial charge on any atom is 0.573 e. The standard InChI is InChI=1S/C12H14F3NO/c13-12(14,15)17-10-4-5-11-8(6-10)2-1-3-9(11)7-16/h4-6,9H,1-3,7,16H2. The Labute approximate surface area is 97.6 Å². The number of hydrogen-bond donors (Lipinski definition) is 1. The summed E-state index contributed by atoms with van der Waals surface area (Å²) in [5.74, 6) is 0.118. The Hall–Kier alpha value is -1.23. The lowest BCUT2D eigenvalue weighted by Crippen LogP contribution is -2.20. The highest BCUT2D eigenvalue weighted by molar-refractivity contribution is 5.39. The lowest BCUT2D eigenvalue weighted by atomic mass is 9.83. The Morgan fingerprint density at radius 2 is 2.12 bits per heavy atom. The van der Waals surface area contributed by atoms with Crippen molar-refractivity contribution in [2.45, 2.75) is 31.5 Å². The highest BCUT2D eigenvalue weighted by Gasteiger charge is 2.31. The largest absolute Gasteiger partial charge is 0.573 e.